The minimum Gasteiger partial charge on any atom is -2.00 e. The fourth-order valence-corrected chi connectivity index (χ4v) is 0. The van der Waals surface area contributed by atoms with E-state index in [4.69, 9.17) is 38.5 Å². The number of rotatable bonds is 0. The summed E-state index contributed by atoms with van der Waals surface area (Å²) in [6, 6.07) is 0. The Labute approximate surface area is 205 Å². The van der Waals surface area contributed by atoms with Crippen LogP contribution in [0.2, 0.25) is 0 Å². The summed E-state index contributed by atoms with van der Waals surface area (Å²) in [4.78, 5) is 43.1. The van der Waals surface area contributed by atoms with Gasteiger partial charge in [0.05, 0.1) is 0 Å². The molecule has 15 heteroatoms. The first-order valence-corrected chi connectivity index (χ1v) is 4.70. The second kappa shape index (κ2) is 21.5. The molecule has 0 atom stereocenters. The van der Waals surface area contributed by atoms with Gasteiger partial charge < -0.3 is 34.8 Å². The van der Waals surface area contributed by atoms with Gasteiger partial charge in [-0.05, 0) is 0 Å². The average molecular weight is 372 g/mol. The third-order valence-corrected chi connectivity index (χ3v) is 0. The Bertz CT molecular complexity index is 132. The SMILES string of the molecule is O=P(O)(O)O.O=P(O)(O)O.[Ca+2].[Ca+2].[Ca+2].[Ca+2].[O-2]. The van der Waals surface area contributed by atoms with E-state index in [0.29, 0.717) is 0 Å². The van der Waals surface area contributed by atoms with Crippen LogP contribution in [-0.4, -0.2) is 180 Å². The van der Waals surface area contributed by atoms with E-state index in [1.165, 1.54) is 0 Å². The zero-order valence-electron chi connectivity index (χ0n) is 7.63. The molecule has 6 N–H and O–H groups in total. The smallest absolute Gasteiger partial charge is 2.00 e. The average Bonchev–Trinajstić information content (AvgIpc) is 1.12. The van der Waals surface area contributed by atoms with Gasteiger partial charge >= 0.3 is 167 Å². The van der Waals surface area contributed by atoms with Crippen molar-refractivity contribution in [3.8, 4) is 0 Å². The zero-order valence-corrected chi connectivity index (χ0v) is 18.3. The van der Waals surface area contributed by atoms with Crippen LogP contribution in [-0.2, 0) is 14.6 Å². The summed E-state index contributed by atoms with van der Waals surface area (Å²) < 4.78 is 17.8. The molecule has 9 nitrogen and oxygen atoms in total. The molecule has 0 heterocycles. The first-order chi connectivity index (χ1) is 4.00. The van der Waals surface area contributed by atoms with Crippen molar-refractivity contribution in [1.29, 1.82) is 0 Å². The summed E-state index contributed by atoms with van der Waals surface area (Å²) in [6.07, 6.45) is 0. The van der Waals surface area contributed by atoms with Crippen molar-refractivity contribution in [2.45, 2.75) is 0 Å². The summed E-state index contributed by atoms with van der Waals surface area (Å²) >= 11 is 0. The van der Waals surface area contributed by atoms with Crippen LogP contribution in [0.15, 0.2) is 0 Å². The Morgan fingerprint density at radius 1 is 0.533 bits per heavy atom. The molecule has 0 unspecified atom stereocenters. The molecule has 0 aliphatic heterocycles. The third-order valence-electron chi connectivity index (χ3n) is 0. The molecule has 0 bridgehead atoms. The predicted octanol–water partition coefficient (Wildman–Crippen LogP) is -3.50. The quantitative estimate of drug-likeness (QED) is 0.187. The van der Waals surface area contributed by atoms with E-state index in [9.17, 15) is 0 Å². The molecule has 0 spiro atoms. The van der Waals surface area contributed by atoms with Crippen LogP contribution in [0.25, 0.3) is 0 Å². The van der Waals surface area contributed by atoms with Crippen molar-refractivity contribution >= 4 is 167 Å². The zero-order chi connectivity index (χ0) is 9.00. The van der Waals surface area contributed by atoms with Gasteiger partial charge in [-0.1, -0.05) is 0 Å². The Kier molecular flexibility index (Phi) is 61.3. The molecule has 0 radical (unpaired) electrons. The van der Waals surface area contributed by atoms with Crippen LogP contribution in [0.5, 0.6) is 0 Å². The van der Waals surface area contributed by atoms with E-state index in [1.54, 1.807) is 0 Å². The van der Waals surface area contributed by atoms with Gasteiger partial charge in [-0.25, -0.2) is 9.13 Å². The second-order valence-electron chi connectivity index (χ2n) is 1.03. The van der Waals surface area contributed by atoms with Crippen LogP contribution in [0, 0.1) is 0 Å². The van der Waals surface area contributed by atoms with Gasteiger partial charge in [0.15, 0.2) is 0 Å². The van der Waals surface area contributed by atoms with Crippen LogP contribution in [0.4, 0.5) is 0 Å². The van der Waals surface area contributed by atoms with E-state index in [0.717, 1.165) is 0 Å². The van der Waals surface area contributed by atoms with Gasteiger partial charge in [0, 0.05) is 0 Å². The molecule has 72 valence electrons. The van der Waals surface area contributed by atoms with Crippen molar-refractivity contribution < 1.29 is 44.0 Å². The Balaban J connectivity index is -0.0000000128. The predicted molar refractivity (Wildman–Crippen MR) is 52.2 cm³/mol. The van der Waals surface area contributed by atoms with Crippen molar-refractivity contribution in [2.75, 3.05) is 0 Å². The maximum absolute atomic E-state index is 8.88. The molecule has 0 amide bonds. The molecule has 0 saturated carbocycles. The second-order valence-corrected chi connectivity index (χ2v) is 3.08. The van der Waals surface area contributed by atoms with Crippen molar-refractivity contribution in [3.63, 3.8) is 0 Å². The van der Waals surface area contributed by atoms with Gasteiger partial charge in [0.2, 0.25) is 0 Å². The first kappa shape index (κ1) is 42.7. The molecule has 0 aliphatic carbocycles. The van der Waals surface area contributed by atoms with Gasteiger partial charge in [-0.15, -0.1) is 0 Å². The Morgan fingerprint density at radius 3 is 0.533 bits per heavy atom. The van der Waals surface area contributed by atoms with E-state index in [-0.39, 0.29) is 156 Å². The normalized spacial score (nSPS) is 7.87. The Hall–Kier alpha value is 5.22. The van der Waals surface area contributed by atoms with E-state index < -0.39 is 15.6 Å². The van der Waals surface area contributed by atoms with Gasteiger partial charge in [0.1, 0.15) is 0 Å². The number of hydrogen-bond acceptors (Lipinski definition) is 2. The van der Waals surface area contributed by atoms with Crippen LogP contribution < -0.4 is 0 Å². The monoisotopic (exact) mass is 372 g/mol. The fourth-order valence-electron chi connectivity index (χ4n) is 0. The Morgan fingerprint density at radius 2 is 0.533 bits per heavy atom. The molecule has 0 aliphatic rings. The maximum atomic E-state index is 8.88. The standard InChI is InChI=1S/4Ca.2H3O4P.O/c;;;;2*1-5(2,3)4;/h;;;;2*(H3,1,2,3,4);/q4*+2;;;-2. The summed E-state index contributed by atoms with van der Waals surface area (Å²) in [5.41, 5.74) is 0. The minimum atomic E-state index is -4.64. The van der Waals surface area contributed by atoms with Crippen LogP contribution >= 0.6 is 15.6 Å². The third kappa shape index (κ3) is 209. The summed E-state index contributed by atoms with van der Waals surface area (Å²) in [5, 5.41) is 0. The van der Waals surface area contributed by atoms with Gasteiger partial charge in [-0.3, -0.25) is 0 Å². The van der Waals surface area contributed by atoms with E-state index in [1.807, 2.05) is 0 Å². The maximum Gasteiger partial charge on any atom is 2.00 e. The molecule has 0 rings (SSSR count). The summed E-state index contributed by atoms with van der Waals surface area (Å²) in [5.74, 6) is 0. The molecule has 0 aromatic rings. The molecule has 15 heavy (non-hydrogen) atoms. The van der Waals surface area contributed by atoms with Crippen LogP contribution in [0.3, 0.4) is 0 Å². The first-order valence-electron chi connectivity index (χ1n) is 1.57. The van der Waals surface area contributed by atoms with Crippen molar-refractivity contribution in [2.24, 2.45) is 0 Å². The largest absolute Gasteiger partial charge is 2.00 e. The molecule has 0 aromatic heterocycles. The van der Waals surface area contributed by atoms with Gasteiger partial charge in [-0.2, -0.15) is 0 Å². The molecule has 0 aromatic carbocycles. The van der Waals surface area contributed by atoms with Crippen LogP contribution in [0.1, 0.15) is 0 Å². The number of hydrogen-bond donors (Lipinski definition) is 6. The van der Waals surface area contributed by atoms with E-state index in [2.05, 4.69) is 0 Å². The molecular weight excluding hydrogens is 366 g/mol. The molecule has 0 fully saturated rings. The molecule has 0 saturated heterocycles. The van der Waals surface area contributed by atoms with Gasteiger partial charge in [0.25, 0.3) is 0 Å². The summed E-state index contributed by atoms with van der Waals surface area (Å²) in [7, 11) is -9.28. The van der Waals surface area contributed by atoms with E-state index >= 15 is 0 Å². The molecular formula is H6Ca4O9P2+6. The van der Waals surface area contributed by atoms with Crippen molar-refractivity contribution in [1.82, 2.24) is 0 Å². The topological polar surface area (TPSA) is 184 Å². The summed E-state index contributed by atoms with van der Waals surface area (Å²) in [6.45, 7) is 0. The minimum absolute atomic E-state index is 0. The van der Waals surface area contributed by atoms with Crippen molar-refractivity contribution in [3.05, 3.63) is 0 Å². The fraction of sp³-hybridized carbons (Fsp3) is 0. The number of phosphoric acid groups is 2.